The van der Waals surface area contributed by atoms with Crippen molar-refractivity contribution in [3.8, 4) is 0 Å². The van der Waals surface area contributed by atoms with Crippen LogP contribution in [0.25, 0.3) is 11.0 Å². The van der Waals surface area contributed by atoms with E-state index in [4.69, 9.17) is 0 Å². The Bertz CT molecular complexity index is 708. The van der Waals surface area contributed by atoms with Crippen LogP contribution in [-0.2, 0) is 0 Å². The van der Waals surface area contributed by atoms with Crippen LogP contribution in [0.4, 0.5) is 5.69 Å². The number of anilines is 1. The van der Waals surface area contributed by atoms with Crippen LogP contribution in [0.15, 0.2) is 47.4 Å². The van der Waals surface area contributed by atoms with Crippen molar-refractivity contribution in [3.05, 3.63) is 48.0 Å². The van der Waals surface area contributed by atoms with Crippen molar-refractivity contribution < 1.29 is 0 Å². The second kappa shape index (κ2) is 6.00. The van der Waals surface area contributed by atoms with Crippen LogP contribution < -0.4 is 5.32 Å². The average Bonchev–Trinajstić information content (AvgIpc) is 2.97. The molecule has 0 aliphatic carbocycles. The Kier molecular flexibility index (Phi) is 4.10. The topological polar surface area (TPSA) is 37.8 Å². The quantitative estimate of drug-likeness (QED) is 0.578. The van der Waals surface area contributed by atoms with E-state index in [0.29, 0.717) is 0 Å². The van der Waals surface area contributed by atoms with E-state index in [1.54, 1.807) is 11.8 Å². The molecule has 2 aromatic carbocycles. The number of rotatable bonds is 4. The van der Waals surface area contributed by atoms with Crippen LogP contribution in [0, 0.1) is 0 Å². The Labute approximate surface area is 129 Å². The van der Waals surface area contributed by atoms with Gasteiger partial charge in [0.2, 0.25) is 0 Å². The zero-order valence-corrected chi connectivity index (χ0v) is 13.9. The summed E-state index contributed by atoms with van der Waals surface area (Å²) in [5, 5.41) is 3.55. The summed E-state index contributed by atoms with van der Waals surface area (Å²) in [6, 6.07) is 15.1. The first-order chi connectivity index (χ1) is 9.78. The molecule has 3 nitrogen and oxygen atoms in total. The first kappa shape index (κ1) is 13.7. The van der Waals surface area contributed by atoms with Crippen molar-refractivity contribution in [3.63, 3.8) is 0 Å². The molecule has 20 heavy (non-hydrogen) atoms. The minimum atomic E-state index is 0.0172. The van der Waals surface area contributed by atoms with Crippen LogP contribution in [-0.4, -0.2) is 29.2 Å². The fraction of sp³-hybridized carbons (Fsp3) is 0.200. The molecule has 1 heterocycles. The van der Waals surface area contributed by atoms with Gasteiger partial charge in [0, 0.05) is 0 Å². The first-order valence-corrected chi connectivity index (χ1v) is 9.15. The maximum absolute atomic E-state index is 4.50. The molecule has 1 unspecified atom stereocenters. The molecule has 5 heteroatoms. The van der Waals surface area contributed by atoms with E-state index >= 15 is 0 Å². The standard InChI is InChI=1S/C15H15N3SSe/c1-10(11-6-8-12(19-2)9-7-11)16-13-4-3-5-14-15(13)18-20-17-14/h3-10,16H,1-2H3. The Hall–Kier alpha value is -1.29. The van der Waals surface area contributed by atoms with Gasteiger partial charge in [-0.15, -0.1) is 0 Å². The Morgan fingerprint density at radius 2 is 1.90 bits per heavy atom. The molecular formula is C15H15N3SSe. The summed E-state index contributed by atoms with van der Waals surface area (Å²) >= 11 is 1.78. The van der Waals surface area contributed by atoms with E-state index in [1.165, 1.54) is 10.5 Å². The Balaban J connectivity index is 1.84. The Morgan fingerprint density at radius 3 is 2.65 bits per heavy atom. The number of nitrogens with zero attached hydrogens (tertiary/aromatic N) is 2. The first-order valence-electron chi connectivity index (χ1n) is 6.39. The van der Waals surface area contributed by atoms with Crippen LogP contribution in [0.5, 0.6) is 0 Å². The molecule has 0 aliphatic heterocycles. The second-order valence-electron chi connectivity index (χ2n) is 4.58. The summed E-state index contributed by atoms with van der Waals surface area (Å²) in [6.07, 6.45) is 2.09. The van der Waals surface area contributed by atoms with Crippen molar-refractivity contribution in [2.45, 2.75) is 17.9 Å². The number of thioether (sulfide) groups is 1. The molecule has 1 N–H and O–H groups in total. The summed E-state index contributed by atoms with van der Waals surface area (Å²) in [5.74, 6) is 0. The molecule has 102 valence electrons. The summed E-state index contributed by atoms with van der Waals surface area (Å²) in [6.45, 7) is 2.17. The van der Waals surface area contributed by atoms with Crippen molar-refractivity contribution in [1.82, 2.24) is 7.96 Å². The summed E-state index contributed by atoms with van der Waals surface area (Å²) in [7, 11) is 0. The van der Waals surface area contributed by atoms with Gasteiger partial charge in [0.05, 0.1) is 0 Å². The molecular weight excluding hydrogens is 333 g/mol. The minimum absolute atomic E-state index is 0.0172. The van der Waals surface area contributed by atoms with Gasteiger partial charge in [-0.05, 0) is 0 Å². The average molecular weight is 348 g/mol. The molecule has 0 bridgehead atoms. The van der Waals surface area contributed by atoms with Crippen LogP contribution >= 0.6 is 11.8 Å². The molecule has 0 amide bonds. The zero-order chi connectivity index (χ0) is 13.9. The van der Waals surface area contributed by atoms with E-state index in [9.17, 15) is 0 Å². The third kappa shape index (κ3) is 2.75. The normalized spacial score (nSPS) is 12.5. The monoisotopic (exact) mass is 349 g/mol. The molecule has 0 radical (unpaired) electrons. The zero-order valence-electron chi connectivity index (χ0n) is 11.3. The number of aromatic nitrogens is 2. The van der Waals surface area contributed by atoms with Crippen LogP contribution in [0.3, 0.4) is 0 Å². The summed E-state index contributed by atoms with van der Waals surface area (Å²) < 4.78 is 8.92. The van der Waals surface area contributed by atoms with Crippen molar-refractivity contribution in [1.29, 1.82) is 0 Å². The Morgan fingerprint density at radius 1 is 1.10 bits per heavy atom. The molecule has 0 saturated heterocycles. The van der Waals surface area contributed by atoms with Gasteiger partial charge in [-0.25, -0.2) is 0 Å². The molecule has 0 spiro atoms. The number of hydrogen-bond donors (Lipinski definition) is 1. The van der Waals surface area contributed by atoms with Gasteiger partial charge in [-0.1, -0.05) is 0 Å². The van der Waals surface area contributed by atoms with Gasteiger partial charge in [0.25, 0.3) is 0 Å². The van der Waals surface area contributed by atoms with E-state index < -0.39 is 0 Å². The molecule has 1 aromatic heterocycles. The van der Waals surface area contributed by atoms with Crippen LogP contribution in [0.1, 0.15) is 18.5 Å². The second-order valence-corrected chi connectivity index (χ2v) is 6.57. The van der Waals surface area contributed by atoms with Gasteiger partial charge in [0.1, 0.15) is 0 Å². The number of fused-ring (bicyclic) bond motifs is 1. The van der Waals surface area contributed by atoms with Gasteiger partial charge in [0.15, 0.2) is 0 Å². The van der Waals surface area contributed by atoms with Crippen LogP contribution in [0.2, 0.25) is 0 Å². The van der Waals surface area contributed by atoms with Gasteiger partial charge in [-0.3, -0.25) is 0 Å². The van der Waals surface area contributed by atoms with E-state index in [-0.39, 0.29) is 21.0 Å². The molecule has 1 atom stereocenters. The summed E-state index contributed by atoms with van der Waals surface area (Å²) in [4.78, 5) is 1.29. The molecule has 0 fully saturated rings. The fourth-order valence-corrected chi connectivity index (χ4v) is 3.69. The third-order valence-corrected chi connectivity index (χ3v) is 5.16. The van der Waals surface area contributed by atoms with Crippen molar-refractivity contribution in [2.24, 2.45) is 0 Å². The van der Waals surface area contributed by atoms with E-state index in [2.05, 4.69) is 56.8 Å². The van der Waals surface area contributed by atoms with Gasteiger partial charge >= 0.3 is 129 Å². The van der Waals surface area contributed by atoms with Crippen molar-refractivity contribution >= 4 is 43.4 Å². The molecule has 3 rings (SSSR count). The SMILES string of the molecule is CSc1ccc(C(C)Nc2cccc3n[se]nc23)cc1. The number of hydrogen-bond acceptors (Lipinski definition) is 4. The number of benzene rings is 2. The third-order valence-electron chi connectivity index (χ3n) is 3.27. The predicted octanol–water partition coefficient (Wildman–Crippen LogP) is 3.58. The van der Waals surface area contributed by atoms with E-state index in [1.807, 2.05) is 12.1 Å². The molecule has 3 aromatic rings. The van der Waals surface area contributed by atoms with E-state index in [0.717, 1.165) is 16.7 Å². The predicted molar refractivity (Wildman–Crippen MR) is 86.7 cm³/mol. The number of nitrogens with one attached hydrogen (secondary N) is 1. The van der Waals surface area contributed by atoms with Crippen molar-refractivity contribution in [2.75, 3.05) is 11.6 Å². The van der Waals surface area contributed by atoms with Gasteiger partial charge in [-0.2, -0.15) is 0 Å². The summed E-state index contributed by atoms with van der Waals surface area (Å²) in [5.41, 5.74) is 4.38. The molecule has 0 aliphatic rings. The fourth-order valence-electron chi connectivity index (χ4n) is 2.13. The molecule has 0 saturated carbocycles. The van der Waals surface area contributed by atoms with Gasteiger partial charge < -0.3 is 0 Å². The maximum atomic E-state index is 4.50.